The Labute approximate surface area is 92.8 Å². The van der Waals surface area contributed by atoms with Crippen LogP contribution in [0.5, 0.6) is 0 Å². The molecule has 15 heavy (non-hydrogen) atoms. The molecule has 1 rings (SSSR count). The van der Waals surface area contributed by atoms with Gasteiger partial charge in [-0.25, -0.2) is 0 Å². The number of carbonyl (C=O) groups excluding carboxylic acids is 1. The van der Waals surface area contributed by atoms with Gasteiger partial charge in [0.05, 0.1) is 5.54 Å². The monoisotopic (exact) mass is 212 g/mol. The van der Waals surface area contributed by atoms with Gasteiger partial charge >= 0.3 is 0 Å². The number of amides is 1. The van der Waals surface area contributed by atoms with E-state index in [1.54, 1.807) is 0 Å². The molecular weight excluding hydrogens is 188 g/mol. The number of nitrogens with one attached hydrogen (secondary N) is 1. The van der Waals surface area contributed by atoms with E-state index in [1.165, 1.54) is 0 Å². The van der Waals surface area contributed by atoms with Crippen molar-refractivity contribution in [1.82, 2.24) is 5.32 Å². The second kappa shape index (κ2) is 4.12. The van der Waals surface area contributed by atoms with Gasteiger partial charge in [0, 0.05) is 5.54 Å². The first-order valence-electron chi connectivity index (χ1n) is 5.87. The minimum Gasteiger partial charge on any atom is -0.350 e. The molecule has 0 atom stereocenters. The van der Waals surface area contributed by atoms with Crippen LogP contribution in [0.15, 0.2) is 0 Å². The fourth-order valence-corrected chi connectivity index (χ4v) is 2.29. The number of nitrogens with two attached hydrogens (primary N) is 1. The van der Waals surface area contributed by atoms with Crippen molar-refractivity contribution < 1.29 is 4.79 Å². The van der Waals surface area contributed by atoms with Gasteiger partial charge in [-0.1, -0.05) is 13.8 Å². The van der Waals surface area contributed by atoms with E-state index < -0.39 is 5.54 Å². The summed E-state index contributed by atoms with van der Waals surface area (Å²) < 4.78 is 0. The first kappa shape index (κ1) is 12.5. The molecule has 1 amide bonds. The third-order valence-corrected chi connectivity index (χ3v) is 3.07. The van der Waals surface area contributed by atoms with Crippen LogP contribution in [0.3, 0.4) is 0 Å². The van der Waals surface area contributed by atoms with E-state index in [4.69, 9.17) is 5.73 Å². The molecule has 0 aliphatic heterocycles. The lowest BCUT2D eigenvalue weighted by Crippen LogP contribution is -2.62. The maximum absolute atomic E-state index is 11.9. The molecule has 0 bridgehead atoms. The minimum atomic E-state index is -0.575. The number of hydrogen-bond donors (Lipinski definition) is 2. The molecule has 88 valence electrons. The van der Waals surface area contributed by atoms with Crippen molar-refractivity contribution >= 4 is 5.91 Å². The molecule has 0 unspecified atom stereocenters. The fraction of sp³-hybridized carbons (Fsp3) is 0.917. The topological polar surface area (TPSA) is 55.1 Å². The Balaban J connectivity index is 2.49. The van der Waals surface area contributed by atoms with Crippen LogP contribution in [0.25, 0.3) is 0 Å². The van der Waals surface area contributed by atoms with E-state index in [0.29, 0.717) is 5.92 Å². The standard InChI is InChI=1S/C12H24N2O/c1-9(2)8-11(3,4)14-10(15)12(13)6-5-7-12/h9H,5-8,13H2,1-4H3,(H,14,15). The van der Waals surface area contributed by atoms with Gasteiger partial charge in [-0.2, -0.15) is 0 Å². The van der Waals surface area contributed by atoms with Gasteiger partial charge in [0.15, 0.2) is 0 Å². The number of carbonyl (C=O) groups is 1. The van der Waals surface area contributed by atoms with E-state index in [-0.39, 0.29) is 11.4 Å². The van der Waals surface area contributed by atoms with Crippen molar-refractivity contribution in [2.45, 2.75) is 64.5 Å². The molecule has 1 aliphatic rings. The number of hydrogen-bond acceptors (Lipinski definition) is 2. The van der Waals surface area contributed by atoms with Crippen molar-refractivity contribution in [3.05, 3.63) is 0 Å². The molecule has 1 saturated carbocycles. The Hall–Kier alpha value is -0.570. The summed E-state index contributed by atoms with van der Waals surface area (Å²) in [5.41, 5.74) is 5.25. The van der Waals surface area contributed by atoms with Gasteiger partial charge in [-0.05, 0) is 45.4 Å². The molecule has 0 aromatic heterocycles. The van der Waals surface area contributed by atoms with Gasteiger partial charge in [0.25, 0.3) is 0 Å². The molecule has 1 aliphatic carbocycles. The van der Waals surface area contributed by atoms with Crippen molar-refractivity contribution in [3.8, 4) is 0 Å². The van der Waals surface area contributed by atoms with Crippen molar-refractivity contribution in [1.29, 1.82) is 0 Å². The summed E-state index contributed by atoms with van der Waals surface area (Å²) in [5, 5.41) is 3.07. The zero-order valence-electron chi connectivity index (χ0n) is 10.4. The predicted octanol–water partition coefficient (Wildman–Crippen LogP) is 1.81. The molecule has 0 aromatic rings. The summed E-state index contributed by atoms with van der Waals surface area (Å²) in [6.07, 6.45) is 3.72. The van der Waals surface area contributed by atoms with Gasteiger partial charge in [-0.15, -0.1) is 0 Å². The Kier molecular flexibility index (Phi) is 3.44. The molecule has 3 N–H and O–H groups in total. The molecule has 0 aromatic carbocycles. The summed E-state index contributed by atoms with van der Waals surface area (Å²) in [4.78, 5) is 11.9. The highest BCUT2D eigenvalue weighted by molar-refractivity contribution is 5.87. The average Bonchev–Trinajstić information content (AvgIpc) is 1.95. The minimum absolute atomic E-state index is 0.0272. The van der Waals surface area contributed by atoms with Crippen molar-refractivity contribution in [3.63, 3.8) is 0 Å². The van der Waals surface area contributed by atoms with E-state index in [2.05, 4.69) is 33.0 Å². The lowest BCUT2D eigenvalue weighted by Gasteiger charge is -2.40. The Bertz CT molecular complexity index is 242. The first-order chi connectivity index (χ1) is 6.75. The third kappa shape index (κ3) is 3.20. The van der Waals surface area contributed by atoms with Crippen LogP contribution >= 0.6 is 0 Å². The molecule has 0 spiro atoms. The molecular formula is C12H24N2O. The van der Waals surface area contributed by atoms with Crippen LogP contribution in [-0.4, -0.2) is 17.0 Å². The maximum Gasteiger partial charge on any atom is 0.240 e. The fourth-order valence-electron chi connectivity index (χ4n) is 2.29. The molecule has 1 fully saturated rings. The van der Waals surface area contributed by atoms with Crippen molar-refractivity contribution in [2.24, 2.45) is 11.7 Å². The lowest BCUT2D eigenvalue weighted by atomic mass is 9.76. The summed E-state index contributed by atoms with van der Waals surface area (Å²) >= 11 is 0. The largest absolute Gasteiger partial charge is 0.350 e. The van der Waals surface area contributed by atoms with Crippen LogP contribution in [-0.2, 0) is 4.79 Å². The van der Waals surface area contributed by atoms with Gasteiger partial charge in [-0.3, -0.25) is 4.79 Å². The third-order valence-electron chi connectivity index (χ3n) is 3.07. The van der Waals surface area contributed by atoms with Crippen LogP contribution in [0.1, 0.15) is 53.4 Å². The second-order valence-corrected chi connectivity index (χ2v) is 5.95. The zero-order valence-corrected chi connectivity index (χ0v) is 10.4. The van der Waals surface area contributed by atoms with Crippen LogP contribution in [0.4, 0.5) is 0 Å². The normalized spacial score (nSPS) is 19.9. The first-order valence-corrected chi connectivity index (χ1v) is 5.87. The molecule has 0 radical (unpaired) electrons. The Morgan fingerprint density at radius 1 is 1.47 bits per heavy atom. The average molecular weight is 212 g/mol. The summed E-state index contributed by atoms with van der Waals surface area (Å²) in [6.45, 7) is 8.45. The Morgan fingerprint density at radius 3 is 2.33 bits per heavy atom. The summed E-state index contributed by atoms with van der Waals surface area (Å²) in [5.74, 6) is 0.606. The van der Waals surface area contributed by atoms with Crippen LogP contribution in [0.2, 0.25) is 0 Å². The summed E-state index contributed by atoms with van der Waals surface area (Å²) in [6, 6.07) is 0. The van der Waals surface area contributed by atoms with Gasteiger partial charge in [0.1, 0.15) is 0 Å². The van der Waals surface area contributed by atoms with Gasteiger partial charge < -0.3 is 11.1 Å². The highest BCUT2D eigenvalue weighted by Gasteiger charge is 2.41. The van der Waals surface area contributed by atoms with E-state index in [1.807, 2.05) is 0 Å². The maximum atomic E-state index is 11.9. The van der Waals surface area contributed by atoms with Gasteiger partial charge in [0.2, 0.25) is 5.91 Å². The Morgan fingerprint density at radius 2 is 2.00 bits per heavy atom. The quantitative estimate of drug-likeness (QED) is 0.746. The molecule has 3 heteroatoms. The van der Waals surface area contributed by atoms with E-state index in [0.717, 1.165) is 25.7 Å². The smallest absolute Gasteiger partial charge is 0.240 e. The lowest BCUT2D eigenvalue weighted by molar-refractivity contribution is -0.131. The molecule has 0 saturated heterocycles. The molecule has 3 nitrogen and oxygen atoms in total. The highest BCUT2D eigenvalue weighted by atomic mass is 16.2. The number of rotatable bonds is 4. The molecule has 0 heterocycles. The highest BCUT2D eigenvalue weighted by Crippen LogP contribution is 2.30. The van der Waals surface area contributed by atoms with Crippen LogP contribution in [0, 0.1) is 5.92 Å². The van der Waals surface area contributed by atoms with E-state index in [9.17, 15) is 4.79 Å². The zero-order chi connectivity index (χ0) is 11.7. The van der Waals surface area contributed by atoms with Crippen LogP contribution < -0.4 is 11.1 Å². The predicted molar refractivity (Wildman–Crippen MR) is 62.4 cm³/mol. The second-order valence-electron chi connectivity index (χ2n) is 5.95. The SMILES string of the molecule is CC(C)CC(C)(C)NC(=O)C1(N)CCC1. The van der Waals surface area contributed by atoms with Crippen molar-refractivity contribution in [2.75, 3.05) is 0 Å². The summed E-state index contributed by atoms with van der Waals surface area (Å²) in [7, 11) is 0. The van der Waals surface area contributed by atoms with E-state index >= 15 is 0 Å².